The molecular weight excluding hydrogens is 306 g/mol. The van der Waals surface area contributed by atoms with Crippen LogP contribution in [-0.2, 0) is 16.6 Å². The first-order chi connectivity index (χ1) is 9.87. The number of aromatic nitrogens is 1. The van der Waals surface area contributed by atoms with Crippen LogP contribution in [0.1, 0.15) is 25.1 Å². The van der Waals surface area contributed by atoms with Gasteiger partial charge in [0.15, 0.2) is 0 Å². The minimum atomic E-state index is -3.57. The maximum Gasteiger partial charge on any atom is 0.272 e. The molecule has 0 saturated heterocycles. The second kappa shape index (κ2) is 6.55. The van der Waals surface area contributed by atoms with Crippen molar-refractivity contribution in [1.82, 2.24) is 10.3 Å². The molecule has 21 heavy (non-hydrogen) atoms. The molecule has 0 aromatic carbocycles. The smallest absolute Gasteiger partial charge is 0.272 e. The summed E-state index contributed by atoms with van der Waals surface area (Å²) >= 11 is 1.21. The van der Waals surface area contributed by atoms with Crippen molar-refractivity contribution in [2.24, 2.45) is 0 Å². The lowest BCUT2D eigenvalue weighted by atomic mass is 10.3. The minimum Gasteiger partial charge on any atom is -0.310 e. The van der Waals surface area contributed by atoms with E-state index in [0.29, 0.717) is 22.6 Å². The Hall–Kier alpha value is -1.44. The molecule has 2 heterocycles. The Labute approximate surface area is 129 Å². The largest absolute Gasteiger partial charge is 0.310 e. The number of anilines is 1. The van der Waals surface area contributed by atoms with Crippen molar-refractivity contribution in [3.63, 3.8) is 0 Å². The molecular formula is C14H19N3O2S2. The number of rotatable bonds is 6. The van der Waals surface area contributed by atoms with E-state index >= 15 is 0 Å². The van der Waals surface area contributed by atoms with Crippen LogP contribution in [0.5, 0.6) is 0 Å². The summed E-state index contributed by atoms with van der Waals surface area (Å²) in [7, 11) is -3.57. The molecule has 0 spiro atoms. The van der Waals surface area contributed by atoms with Gasteiger partial charge in [0.2, 0.25) is 0 Å². The van der Waals surface area contributed by atoms with E-state index in [1.807, 2.05) is 18.4 Å². The van der Waals surface area contributed by atoms with Gasteiger partial charge in [0.05, 0.1) is 0 Å². The summed E-state index contributed by atoms with van der Waals surface area (Å²) in [6.45, 7) is 6.58. The second-order valence-corrected chi connectivity index (χ2v) is 7.90. The molecule has 2 rings (SSSR count). The van der Waals surface area contributed by atoms with E-state index in [1.54, 1.807) is 18.2 Å². The highest BCUT2D eigenvalue weighted by Gasteiger charge is 2.17. The van der Waals surface area contributed by atoms with Crippen LogP contribution in [0.15, 0.2) is 33.9 Å². The van der Waals surface area contributed by atoms with Crippen molar-refractivity contribution < 1.29 is 8.42 Å². The Bertz CT molecular complexity index is 709. The van der Waals surface area contributed by atoms with Gasteiger partial charge >= 0.3 is 0 Å². The Balaban J connectivity index is 2.12. The number of pyridine rings is 1. The van der Waals surface area contributed by atoms with Crippen LogP contribution in [-0.4, -0.2) is 19.4 Å². The topological polar surface area (TPSA) is 71.1 Å². The molecule has 114 valence electrons. The SMILES string of the molecule is Cc1cccc(NS(=O)(=O)c2cc(CNC(C)C)cs2)n1. The van der Waals surface area contributed by atoms with Crippen LogP contribution in [0.3, 0.4) is 0 Å². The zero-order chi connectivity index (χ0) is 15.5. The van der Waals surface area contributed by atoms with Crippen molar-refractivity contribution in [2.75, 3.05) is 4.72 Å². The molecule has 0 amide bonds. The van der Waals surface area contributed by atoms with E-state index in [4.69, 9.17) is 0 Å². The molecule has 2 N–H and O–H groups in total. The molecule has 0 radical (unpaired) electrons. The number of hydrogen-bond donors (Lipinski definition) is 2. The zero-order valence-electron chi connectivity index (χ0n) is 12.3. The molecule has 0 aliphatic heterocycles. The van der Waals surface area contributed by atoms with Gasteiger partial charge in [-0.25, -0.2) is 13.4 Å². The molecule has 2 aromatic rings. The Morgan fingerprint density at radius 3 is 2.76 bits per heavy atom. The van der Waals surface area contributed by atoms with Crippen LogP contribution in [0.25, 0.3) is 0 Å². The van der Waals surface area contributed by atoms with E-state index < -0.39 is 10.0 Å². The molecule has 0 fully saturated rings. The van der Waals surface area contributed by atoms with Gasteiger partial charge in [0.1, 0.15) is 10.0 Å². The highest BCUT2D eigenvalue weighted by Crippen LogP contribution is 2.22. The summed E-state index contributed by atoms with van der Waals surface area (Å²) in [5.74, 6) is 0.338. The fraction of sp³-hybridized carbons (Fsp3) is 0.357. The van der Waals surface area contributed by atoms with Gasteiger partial charge in [-0.3, -0.25) is 4.72 Å². The predicted octanol–water partition coefficient (Wildman–Crippen LogP) is 2.75. The summed E-state index contributed by atoms with van der Waals surface area (Å²) < 4.78 is 27.4. The lowest BCUT2D eigenvalue weighted by molar-refractivity contribution is 0.589. The quantitative estimate of drug-likeness (QED) is 0.857. The number of nitrogens with zero attached hydrogens (tertiary/aromatic N) is 1. The van der Waals surface area contributed by atoms with E-state index in [2.05, 4.69) is 28.9 Å². The van der Waals surface area contributed by atoms with E-state index in [1.165, 1.54) is 11.3 Å². The highest BCUT2D eigenvalue weighted by atomic mass is 32.2. The first-order valence-electron chi connectivity index (χ1n) is 6.64. The average molecular weight is 325 g/mol. The Morgan fingerprint density at radius 1 is 1.33 bits per heavy atom. The number of thiophene rings is 1. The number of nitrogens with one attached hydrogen (secondary N) is 2. The van der Waals surface area contributed by atoms with Gasteiger partial charge in [-0.2, -0.15) is 0 Å². The summed E-state index contributed by atoms with van der Waals surface area (Å²) in [5, 5.41) is 5.12. The van der Waals surface area contributed by atoms with Crippen LogP contribution in [0.2, 0.25) is 0 Å². The predicted molar refractivity (Wildman–Crippen MR) is 86.1 cm³/mol. The molecule has 2 aromatic heterocycles. The summed E-state index contributed by atoms with van der Waals surface area (Å²) in [5.41, 5.74) is 1.73. The van der Waals surface area contributed by atoms with E-state index in [-0.39, 0.29) is 0 Å². The highest BCUT2D eigenvalue weighted by molar-refractivity contribution is 7.94. The number of hydrogen-bond acceptors (Lipinski definition) is 5. The maximum atomic E-state index is 12.3. The van der Waals surface area contributed by atoms with Crippen molar-refractivity contribution in [2.45, 2.75) is 37.6 Å². The average Bonchev–Trinajstić information content (AvgIpc) is 2.85. The van der Waals surface area contributed by atoms with Crippen LogP contribution < -0.4 is 10.0 Å². The molecule has 7 heteroatoms. The lowest BCUT2D eigenvalue weighted by Gasteiger charge is -2.06. The molecule has 0 saturated carbocycles. The summed E-state index contributed by atoms with van der Waals surface area (Å²) in [4.78, 5) is 4.15. The Kier molecular flexibility index (Phi) is 4.97. The standard InChI is InChI=1S/C14H19N3O2S2/c1-10(2)15-8-12-7-14(20-9-12)21(18,19)17-13-6-4-5-11(3)16-13/h4-7,9-10,15H,8H2,1-3H3,(H,16,17). The fourth-order valence-electron chi connectivity index (χ4n) is 1.70. The molecule has 5 nitrogen and oxygen atoms in total. The van der Waals surface area contributed by atoms with Crippen LogP contribution >= 0.6 is 11.3 Å². The van der Waals surface area contributed by atoms with Crippen LogP contribution in [0, 0.1) is 6.92 Å². The third-order valence-electron chi connectivity index (χ3n) is 2.74. The monoisotopic (exact) mass is 325 g/mol. The maximum absolute atomic E-state index is 12.3. The molecule has 0 atom stereocenters. The normalized spacial score (nSPS) is 11.8. The third kappa shape index (κ3) is 4.52. The van der Waals surface area contributed by atoms with Gasteiger partial charge < -0.3 is 5.32 Å². The van der Waals surface area contributed by atoms with Gasteiger partial charge in [0.25, 0.3) is 10.0 Å². The molecule has 0 unspecified atom stereocenters. The first-order valence-corrected chi connectivity index (χ1v) is 9.00. The van der Waals surface area contributed by atoms with Crippen molar-refractivity contribution in [3.8, 4) is 0 Å². The van der Waals surface area contributed by atoms with Crippen molar-refractivity contribution >= 4 is 27.2 Å². The van der Waals surface area contributed by atoms with Crippen molar-refractivity contribution in [1.29, 1.82) is 0 Å². The van der Waals surface area contributed by atoms with Crippen molar-refractivity contribution in [3.05, 3.63) is 40.9 Å². The Morgan fingerprint density at radius 2 is 2.10 bits per heavy atom. The zero-order valence-corrected chi connectivity index (χ0v) is 13.9. The van der Waals surface area contributed by atoms with E-state index in [9.17, 15) is 8.42 Å². The van der Waals surface area contributed by atoms with Gasteiger partial charge in [0, 0.05) is 18.3 Å². The molecule has 0 aliphatic rings. The molecule has 0 bridgehead atoms. The third-order valence-corrected chi connectivity index (χ3v) is 5.58. The van der Waals surface area contributed by atoms with Crippen LogP contribution in [0.4, 0.5) is 5.82 Å². The minimum absolute atomic E-state index is 0.298. The van der Waals surface area contributed by atoms with Gasteiger partial charge in [-0.15, -0.1) is 11.3 Å². The first kappa shape index (κ1) is 15.9. The summed E-state index contributed by atoms with van der Waals surface area (Å²) in [6, 6.07) is 7.28. The lowest BCUT2D eigenvalue weighted by Crippen LogP contribution is -2.21. The second-order valence-electron chi connectivity index (χ2n) is 5.08. The van der Waals surface area contributed by atoms with Gasteiger partial charge in [-0.05, 0) is 36.1 Å². The summed E-state index contributed by atoms with van der Waals surface area (Å²) in [6.07, 6.45) is 0. The molecule has 0 aliphatic carbocycles. The number of sulfonamides is 1. The van der Waals surface area contributed by atoms with Gasteiger partial charge in [-0.1, -0.05) is 19.9 Å². The number of aryl methyl sites for hydroxylation is 1. The fourth-order valence-corrected chi connectivity index (χ4v) is 3.91. The van der Waals surface area contributed by atoms with E-state index in [0.717, 1.165) is 11.3 Å².